The maximum atomic E-state index is 14.0. The summed E-state index contributed by atoms with van der Waals surface area (Å²) in [6.07, 6.45) is 0.303. The zero-order chi connectivity index (χ0) is 13.0. The topological polar surface area (TPSA) is 15.3 Å². The second-order valence-corrected chi connectivity index (χ2v) is 4.83. The highest BCUT2D eigenvalue weighted by Gasteiger charge is 2.25. The van der Waals surface area contributed by atoms with Crippen molar-refractivity contribution < 1.29 is 8.78 Å². The number of alkyl halides is 1. The van der Waals surface area contributed by atoms with E-state index in [1.807, 2.05) is 0 Å². The summed E-state index contributed by atoms with van der Waals surface area (Å²) in [5.41, 5.74) is 0.502. The molecule has 1 aromatic rings. The summed E-state index contributed by atoms with van der Waals surface area (Å²) in [6.45, 7) is 2.85. The van der Waals surface area contributed by atoms with Crippen LogP contribution in [-0.2, 0) is 0 Å². The fourth-order valence-electron chi connectivity index (χ4n) is 2.41. The van der Waals surface area contributed by atoms with Gasteiger partial charge in [-0.05, 0) is 12.5 Å². The summed E-state index contributed by atoms with van der Waals surface area (Å²) in [4.78, 5) is 2.12. The van der Waals surface area contributed by atoms with E-state index in [1.54, 1.807) is 12.1 Å². The molecule has 0 radical (unpaired) electrons. The number of piperazine rings is 1. The maximum Gasteiger partial charge on any atom is 0.146 e. The number of nitrogens with one attached hydrogen (secondary N) is 1. The smallest absolute Gasteiger partial charge is 0.146 e. The normalized spacial score (nSPS) is 17.8. The molecular formula is C13H18Cl2F2N2. The van der Waals surface area contributed by atoms with Crippen LogP contribution in [0.4, 0.5) is 8.78 Å². The average Bonchev–Trinajstić information content (AvgIpc) is 2.41. The molecule has 0 amide bonds. The van der Waals surface area contributed by atoms with Crippen molar-refractivity contribution in [3.05, 3.63) is 34.6 Å². The molecular weight excluding hydrogens is 293 g/mol. The van der Waals surface area contributed by atoms with E-state index in [0.717, 1.165) is 26.2 Å². The van der Waals surface area contributed by atoms with E-state index in [2.05, 4.69) is 10.2 Å². The maximum absolute atomic E-state index is 14.0. The van der Waals surface area contributed by atoms with Crippen LogP contribution in [0.5, 0.6) is 0 Å². The monoisotopic (exact) mass is 310 g/mol. The molecule has 2 nitrogen and oxygen atoms in total. The molecule has 0 spiro atoms. The Kier molecular flexibility index (Phi) is 7.00. The zero-order valence-electron chi connectivity index (χ0n) is 10.5. The van der Waals surface area contributed by atoms with Crippen molar-refractivity contribution in [3.8, 4) is 0 Å². The van der Waals surface area contributed by atoms with Crippen molar-refractivity contribution in [2.45, 2.75) is 12.5 Å². The van der Waals surface area contributed by atoms with E-state index >= 15 is 0 Å². The largest absolute Gasteiger partial charge is 0.314 e. The fraction of sp³-hybridized carbons (Fsp3) is 0.538. The Morgan fingerprint density at radius 2 is 2.00 bits per heavy atom. The molecule has 19 heavy (non-hydrogen) atoms. The van der Waals surface area contributed by atoms with E-state index in [1.165, 1.54) is 6.07 Å². The van der Waals surface area contributed by atoms with Gasteiger partial charge in [0.05, 0.1) is 11.7 Å². The van der Waals surface area contributed by atoms with Gasteiger partial charge in [-0.25, -0.2) is 4.39 Å². The summed E-state index contributed by atoms with van der Waals surface area (Å²) in [6, 6.07) is 4.71. The third-order valence-electron chi connectivity index (χ3n) is 3.32. The first kappa shape index (κ1) is 16.6. The van der Waals surface area contributed by atoms with Gasteiger partial charge in [-0.1, -0.05) is 23.7 Å². The lowest BCUT2D eigenvalue weighted by atomic mass is 10.0. The Labute approximate surface area is 123 Å². The van der Waals surface area contributed by atoms with Crippen LogP contribution in [0.1, 0.15) is 18.0 Å². The van der Waals surface area contributed by atoms with Gasteiger partial charge in [-0.3, -0.25) is 9.29 Å². The van der Waals surface area contributed by atoms with Crippen molar-refractivity contribution >= 4 is 24.0 Å². The van der Waals surface area contributed by atoms with Gasteiger partial charge in [-0.2, -0.15) is 0 Å². The van der Waals surface area contributed by atoms with Gasteiger partial charge in [0.15, 0.2) is 0 Å². The highest BCUT2D eigenvalue weighted by molar-refractivity contribution is 6.30. The Morgan fingerprint density at radius 1 is 1.32 bits per heavy atom. The molecule has 1 saturated heterocycles. The minimum absolute atomic E-state index is 0. The van der Waals surface area contributed by atoms with Crippen LogP contribution in [0.3, 0.4) is 0 Å². The highest BCUT2D eigenvalue weighted by Crippen LogP contribution is 2.30. The van der Waals surface area contributed by atoms with Crippen LogP contribution in [0.2, 0.25) is 5.02 Å². The van der Waals surface area contributed by atoms with Gasteiger partial charge in [0.25, 0.3) is 0 Å². The van der Waals surface area contributed by atoms with E-state index in [9.17, 15) is 8.78 Å². The average molecular weight is 311 g/mol. The van der Waals surface area contributed by atoms with Gasteiger partial charge < -0.3 is 5.32 Å². The molecule has 108 valence electrons. The second kappa shape index (κ2) is 8.00. The molecule has 1 aromatic carbocycles. The Hall–Kier alpha value is -0.420. The highest BCUT2D eigenvalue weighted by atomic mass is 35.5. The first-order valence-electron chi connectivity index (χ1n) is 6.18. The zero-order valence-corrected chi connectivity index (χ0v) is 12.1. The summed E-state index contributed by atoms with van der Waals surface area (Å²) in [7, 11) is 0. The molecule has 6 heteroatoms. The third-order valence-corrected chi connectivity index (χ3v) is 3.61. The van der Waals surface area contributed by atoms with Crippen LogP contribution in [0.25, 0.3) is 0 Å². The van der Waals surface area contributed by atoms with Gasteiger partial charge in [0.1, 0.15) is 5.82 Å². The molecule has 0 aromatic heterocycles. The minimum atomic E-state index is -0.458. The van der Waals surface area contributed by atoms with Gasteiger partial charge in [-0.15, -0.1) is 12.4 Å². The van der Waals surface area contributed by atoms with Crippen molar-refractivity contribution in [2.75, 3.05) is 32.9 Å². The third kappa shape index (κ3) is 4.02. The van der Waals surface area contributed by atoms with E-state index in [-0.39, 0.29) is 23.5 Å². The number of hydrogen-bond donors (Lipinski definition) is 1. The number of benzene rings is 1. The van der Waals surface area contributed by atoms with Crippen molar-refractivity contribution in [3.63, 3.8) is 0 Å². The summed E-state index contributed by atoms with van der Waals surface area (Å²) in [5, 5.41) is 3.34. The molecule has 1 N–H and O–H groups in total. The van der Waals surface area contributed by atoms with Gasteiger partial charge >= 0.3 is 0 Å². The molecule has 0 unspecified atom stereocenters. The summed E-state index contributed by atoms with van der Waals surface area (Å²) >= 11 is 5.80. The number of rotatable bonds is 4. The van der Waals surface area contributed by atoms with Crippen molar-refractivity contribution in [1.82, 2.24) is 10.2 Å². The SMILES string of the molecule is Cl.FCC[C@H](c1cccc(Cl)c1F)N1CCNCC1. The van der Waals surface area contributed by atoms with Gasteiger partial charge in [0.2, 0.25) is 0 Å². The van der Waals surface area contributed by atoms with E-state index < -0.39 is 12.5 Å². The molecule has 1 atom stereocenters. The summed E-state index contributed by atoms with van der Waals surface area (Å²) < 4.78 is 26.8. The molecule has 1 fully saturated rings. The predicted octanol–water partition coefficient (Wildman–Crippen LogP) is 3.21. The molecule has 0 saturated carbocycles. The van der Waals surface area contributed by atoms with E-state index in [4.69, 9.17) is 11.6 Å². The van der Waals surface area contributed by atoms with Crippen molar-refractivity contribution in [2.24, 2.45) is 0 Å². The van der Waals surface area contributed by atoms with Crippen molar-refractivity contribution in [1.29, 1.82) is 0 Å². The number of hydrogen-bond acceptors (Lipinski definition) is 2. The molecule has 1 heterocycles. The molecule has 1 aliphatic heterocycles. The second-order valence-electron chi connectivity index (χ2n) is 4.42. The lowest BCUT2D eigenvalue weighted by Gasteiger charge is -2.35. The van der Waals surface area contributed by atoms with Crippen LogP contribution in [0.15, 0.2) is 18.2 Å². The van der Waals surface area contributed by atoms with E-state index in [0.29, 0.717) is 12.0 Å². The lowest BCUT2D eigenvalue weighted by Crippen LogP contribution is -2.45. The van der Waals surface area contributed by atoms with Crippen LogP contribution >= 0.6 is 24.0 Å². The first-order chi connectivity index (χ1) is 8.74. The quantitative estimate of drug-likeness (QED) is 0.918. The molecule has 0 bridgehead atoms. The standard InChI is InChI=1S/C13H17ClF2N2.ClH/c14-11-3-1-2-10(13(11)16)12(4-5-15)18-8-6-17-7-9-18;/h1-3,12,17H,4-9H2;1H/t12-;/m1./s1. The first-order valence-corrected chi connectivity index (χ1v) is 6.56. The van der Waals surface area contributed by atoms with Gasteiger partial charge in [0, 0.05) is 37.8 Å². The molecule has 2 rings (SSSR count). The predicted molar refractivity (Wildman–Crippen MR) is 76.4 cm³/mol. The molecule has 0 aliphatic carbocycles. The minimum Gasteiger partial charge on any atom is -0.314 e. The Bertz CT molecular complexity index is 398. The Balaban J connectivity index is 0.00000180. The number of halogens is 4. The lowest BCUT2D eigenvalue weighted by molar-refractivity contribution is 0.154. The summed E-state index contributed by atoms with van der Waals surface area (Å²) in [5.74, 6) is -0.420. The fourth-order valence-corrected chi connectivity index (χ4v) is 2.59. The van der Waals surface area contributed by atoms with Crippen LogP contribution in [-0.4, -0.2) is 37.8 Å². The van der Waals surface area contributed by atoms with Crippen LogP contribution < -0.4 is 5.32 Å². The Morgan fingerprint density at radius 3 is 2.63 bits per heavy atom. The van der Waals surface area contributed by atoms with Crippen LogP contribution in [0, 0.1) is 5.82 Å². The molecule has 1 aliphatic rings. The number of nitrogens with zero attached hydrogens (tertiary/aromatic N) is 1.